The largest absolute Gasteiger partial charge is 0.396 e. The molecular weight excluding hydrogens is 297 g/mol. The van der Waals surface area contributed by atoms with Gasteiger partial charge in [-0.25, -0.2) is 4.39 Å². The Bertz CT molecular complexity index is 360. The Kier molecular flexibility index (Phi) is 7.47. The zero-order chi connectivity index (χ0) is 13.4. The molecule has 2 nitrogen and oxygen atoms in total. The Morgan fingerprint density at radius 3 is 2.67 bits per heavy atom. The average molecular weight is 318 g/mol. The number of aliphatic hydroxyl groups excluding tert-OH is 1. The third-order valence-electron chi connectivity index (χ3n) is 2.96. The first-order valence-electron chi connectivity index (χ1n) is 6.44. The van der Waals surface area contributed by atoms with E-state index in [0.717, 1.165) is 42.3 Å². The first-order chi connectivity index (χ1) is 8.65. The number of unbranched alkanes of at least 4 members (excludes halogenated alkanes) is 3. The highest BCUT2D eigenvalue weighted by molar-refractivity contribution is 9.10. The van der Waals surface area contributed by atoms with Crippen molar-refractivity contribution in [3.05, 3.63) is 34.1 Å². The molecule has 0 heterocycles. The van der Waals surface area contributed by atoms with Crippen LogP contribution >= 0.6 is 15.9 Å². The fourth-order valence-electron chi connectivity index (χ4n) is 1.87. The molecule has 0 aromatic heterocycles. The molecule has 1 aromatic rings. The summed E-state index contributed by atoms with van der Waals surface area (Å²) in [6.45, 7) is 3.30. The van der Waals surface area contributed by atoms with E-state index in [4.69, 9.17) is 5.11 Å². The Balaban J connectivity index is 2.29. The van der Waals surface area contributed by atoms with Crippen molar-refractivity contribution in [1.82, 2.24) is 5.32 Å². The van der Waals surface area contributed by atoms with E-state index in [0.29, 0.717) is 0 Å². The molecule has 0 saturated heterocycles. The fourth-order valence-corrected chi connectivity index (χ4v) is 2.57. The molecule has 2 N–H and O–H groups in total. The molecule has 1 rings (SSSR count). The predicted molar refractivity (Wildman–Crippen MR) is 76.1 cm³/mol. The molecule has 0 bridgehead atoms. The molecule has 102 valence electrons. The van der Waals surface area contributed by atoms with Crippen LogP contribution in [0.2, 0.25) is 0 Å². The van der Waals surface area contributed by atoms with Gasteiger partial charge >= 0.3 is 0 Å². The molecular formula is C14H21BrFNO. The van der Waals surface area contributed by atoms with Gasteiger partial charge in [0.25, 0.3) is 0 Å². The normalized spacial score (nSPS) is 12.7. The van der Waals surface area contributed by atoms with E-state index in [1.807, 2.05) is 6.07 Å². The summed E-state index contributed by atoms with van der Waals surface area (Å²) >= 11 is 3.38. The highest BCUT2D eigenvalue weighted by Gasteiger charge is 2.08. The van der Waals surface area contributed by atoms with Gasteiger partial charge in [0.2, 0.25) is 0 Å². The van der Waals surface area contributed by atoms with Crippen LogP contribution < -0.4 is 5.32 Å². The minimum Gasteiger partial charge on any atom is -0.396 e. The van der Waals surface area contributed by atoms with E-state index < -0.39 is 0 Å². The maximum Gasteiger partial charge on any atom is 0.124 e. The lowest BCUT2D eigenvalue weighted by molar-refractivity contribution is 0.282. The van der Waals surface area contributed by atoms with Crippen molar-refractivity contribution in [2.24, 2.45) is 0 Å². The third-order valence-corrected chi connectivity index (χ3v) is 3.65. The number of halogens is 2. The summed E-state index contributed by atoms with van der Waals surface area (Å²) in [5.41, 5.74) is 1.08. The highest BCUT2D eigenvalue weighted by atomic mass is 79.9. The minimum absolute atomic E-state index is 0.206. The van der Waals surface area contributed by atoms with Gasteiger partial charge in [-0.05, 0) is 44.0 Å². The lowest BCUT2D eigenvalue weighted by Gasteiger charge is -2.15. The van der Waals surface area contributed by atoms with Crippen LogP contribution in [0.5, 0.6) is 0 Å². The molecule has 0 amide bonds. The summed E-state index contributed by atoms with van der Waals surface area (Å²) < 4.78 is 13.8. The molecule has 1 unspecified atom stereocenters. The molecule has 0 fully saturated rings. The summed E-state index contributed by atoms with van der Waals surface area (Å²) in [4.78, 5) is 0. The van der Waals surface area contributed by atoms with Crippen molar-refractivity contribution in [2.75, 3.05) is 13.2 Å². The van der Waals surface area contributed by atoms with E-state index in [9.17, 15) is 4.39 Å². The molecule has 0 aliphatic carbocycles. The van der Waals surface area contributed by atoms with Crippen LogP contribution in [0.1, 0.15) is 44.2 Å². The van der Waals surface area contributed by atoms with Crippen LogP contribution in [0.25, 0.3) is 0 Å². The number of rotatable bonds is 8. The van der Waals surface area contributed by atoms with Gasteiger partial charge in [-0.2, -0.15) is 0 Å². The van der Waals surface area contributed by atoms with Crippen molar-refractivity contribution in [2.45, 2.75) is 38.6 Å². The standard InChI is InChI=1S/C14H21BrFNO/c1-11(17-8-4-2-3-5-9-18)13-7-6-12(16)10-14(13)15/h6-7,10-11,17-18H,2-5,8-9H2,1H3. The van der Waals surface area contributed by atoms with Crippen molar-refractivity contribution in [3.8, 4) is 0 Å². The lowest BCUT2D eigenvalue weighted by Crippen LogP contribution is -2.20. The van der Waals surface area contributed by atoms with Gasteiger partial charge < -0.3 is 10.4 Å². The first-order valence-corrected chi connectivity index (χ1v) is 7.23. The molecule has 0 spiro atoms. The number of benzene rings is 1. The average Bonchev–Trinajstić information content (AvgIpc) is 2.33. The Morgan fingerprint density at radius 2 is 2.00 bits per heavy atom. The second-order valence-corrected chi connectivity index (χ2v) is 5.33. The second kappa shape index (κ2) is 8.62. The minimum atomic E-state index is -0.221. The lowest BCUT2D eigenvalue weighted by atomic mass is 10.1. The van der Waals surface area contributed by atoms with Crippen molar-refractivity contribution < 1.29 is 9.50 Å². The summed E-state index contributed by atoms with van der Waals surface area (Å²) in [5.74, 6) is -0.221. The molecule has 0 saturated carbocycles. The van der Waals surface area contributed by atoms with E-state index in [-0.39, 0.29) is 18.5 Å². The van der Waals surface area contributed by atoms with Crippen LogP contribution in [-0.4, -0.2) is 18.3 Å². The van der Waals surface area contributed by atoms with E-state index in [2.05, 4.69) is 28.2 Å². The monoisotopic (exact) mass is 317 g/mol. The van der Waals surface area contributed by atoms with Gasteiger partial charge in [0.1, 0.15) is 5.82 Å². The van der Waals surface area contributed by atoms with Crippen LogP contribution in [0, 0.1) is 5.82 Å². The van der Waals surface area contributed by atoms with Gasteiger partial charge in [-0.3, -0.25) is 0 Å². The second-order valence-electron chi connectivity index (χ2n) is 4.48. The maximum absolute atomic E-state index is 13.0. The quantitative estimate of drug-likeness (QED) is 0.715. The number of aliphatic hydroxyl groups is 1. The molecule has 1 atom stereocenters. The Hall–Kier alpha value is -0.450. The maximum atomic E-state index is 13.0. The fraction of sp³-hybridized carbons (Fsp3) is 0.571. The van der Waals surface area contributed by atoms with Crippen molar-refractivity contribution in [3.63, 3.8) is 0 Å². The van der Waals surface area contributed by atoms with E-state index in [1.54, 1.807) is 0 Å². The predicted octanol–water partition coefficient (Wildman–Crippen LogP) is 3.79. The first kappa shape index (κ1) is 15.6. The number of hydrogen-bond donors (Lipinski definition) is 2. The molecule has 0 aliphatic rings. The zero-order valence-corrected chi connectivity index (χ0v) is 12.3. The molecule has 0 aliphatic heterocycles. The molecule has 18 heavy (non-hydrogen) atoms. The van der Waals surface area contributed by atoms with Gasteiger partial charge in [-0.15, -0.1) is 0 Å². The van der Waals surface area contributed by atoms with Gasteiger partial charge in [-0.1, -0.05) is 34.8 Å². The van der Waals surface area contributed by atoms with Crippen LogP contribution in [0.15, 0.2) is 22.7 Å². The summed E-state index contributed by atoms with van der Waals surface area (Å²) in [6.07, 6.45) is 4.19. The van der Waals surface area contributed by atoms with Crippen molar-refractivity contribution >= 4 is 15.9 Å². The Morgan fingerprint density at radius 1 is 1.28 bits per heavy atom. The summed E-state index contributed by atoms with van der Waals surface area (Å²) in [5, 5.41) is 12.1. The number of hydrogen-bond acceptors (Lipinski definition) is 2. The van der Waals surface area contributed by atoms with Crippen LogP contribution in [-0.2, 0) is 0 Å². The Labute approximate surface area is 117 Å². The SMILES string of the molecule is CC(NCCCCCCO)c1ccc(F)cc1Br. The zero-order valence-electron chi connectivity index (χ0n) is 10.8. The highest BCUT2D eigenvalue weighted by Crippen LogP contribution is 2.24. The molecule has 0 radical (unpaired) electrons. The summed E-state index contributed by atoms with van der Waals surface area (Å²) in [7, 11) is 0. The van der Waals surface area contributed by atoms with E-state index >= 15 is 0 Å². The summed E-state index contributed by atoms with van der Waals surface area (Å²) in [6, 6.07) is 5.00. The number of nitrogens with one attached hydrogen (secondary N) is 1. The van der Waals surface area contributed by atoms with Gasteiger partial charge in [0.05, 0.1) is 0 Å². The molecule has 1 aromatic carbocycles. The van der Waals surface area contributed by atoms with Gasteiger partial charge in [0.15, 0.2) is 0 Å². The van der Waals surface area contributed by atoms with Gasteiger partial charge in [0, 0.05) is 17.1 Å². The van der Waals surface area contributed by atoms with Crippen LogP contribution in [0.4, 0.5) is 4.39 Å². The van der Waals surface area contributed by atoms with Crippen LogP contribution in [0.3, 0.4) is 0 Å². The van der Waals surface area contributed by atoms with Crippen molar-refractivity contribution in [1.29, 1.82) is 0 Å². The smallest absolute Gasteiger partial charge is 0.124 e. The topological polar surface area (TPSA) is 32.3 Å². The molecule has 4 heteroatoms. The third kappa shape index (κ3) is 5.46. The van der Waals surface area contributed by atoms with E-state index in [1.165, 1.54) is 12.1 Å².